The highest BCUT2D eigenvalue weighted by Crippen LogP contribution is 2.81. The predicted molar refractivity (Wildman–Crippen MR) is 62.6 cm³/mol. The molecule has 0 heterocycles. The van der Waals surface area contributed by atoms with E-state index in [1.165, 1.54) is 5.92 Å². The van der Waals surface area contributed by atoms with E-state index in [9.17, 15) is 0 Å². The molecule has 0 aromatic heterocycles. The summed E-state index contributed by atoms with van der Waals surface area (Å²) in [5.41, 5.74) is 1.81. The van der Waals surface area contributed by atoms with Crippen molar-refractivity contribution in [3.8, 4) is 0 Å². The molecule has 15 heavy (non-hydrogen) atoms. The first kappa shape index (κ1) is 9.07. The maximum absolute atomic E-state index is 1.64. The van der Waals surface area contributed by atoms with Crippen LogP contribution in [0, 0.1) is 22.7 Å². The minimum absolute atomic E-state index is 0.881. The van der Waals surface area contributed by atoms with Crippen LogP contribution in [0.4, 0.5) is 0 Å². The summed E-state index contributed by atoms with van der Waals surface area (Å²) in [6, 6.07) is 0. The Bertz CT molecular complexity index is 264. The number of rotatable bonds is 2. The highest BCUT2D eigenvalue weighted by molar-refractivity contribution is 5.21. The summed E-state index contributed by atoms with van der Waals surface area (Å²) in [4.78, 5) is 0. The van der Waals surface area contributed by atoms with Crippen molar-refractivity contribution >= 4 is 0 Å². The molecule has 4 aliphatic rings. The van der Waals surface area contributed by atoms with Crippen LogP contribution in [0.1, 0.15) is 70.6 Å². The van der Waals surface area contributed by atoms with Crippen molar-refractivity contribution in [1.29, 1.82) is 0 Å². The van der Waals surface area contributed by atoms with Crippen molar-refractivity contribution < 1.29 is 0 Å². The van der Waals surface area contributed by atoms with E-state index in [4.69, 9.17) is 0 Å². The predicted octanol–water partition coefficient (Wildman–Crippen LogP) is 4.54. The quantitative estimate of drug-likeness (QED) is 0.619. The highest BCUT2D eigenvalue weighted by Gasteiger charge is 2.72. The smallest absolute Gasteiger partial charge is 0.0207 e. The van der Waals surface area contributed by atoms with Crippen molar-refractivity contribution in [3.05, 3.63) is 0 Å². The Morgan fingerprint density at radius 3 is 1.80 bits per heavy atom. The third kappa shape index (κ3) is 0.953. The zero-order valence-electron chi connectivity index (χ0n) is 9.93. The molecule has 0 nitrogen and oxygen atoms in total. The summed E-state index contributed by atoms with van der Waals surface area (Å²) < 4.78 is 0. The van der Waals surface area contributed by atoms with Crippen LogP contribution in [0.25, 0.3) is 0 Å². The first-order chi connectivity index (χ1) is 7.37. The molecular weight excluding hydrogens is 180 g/mol. The summed E-state index contributed by atoms with van der Waals surface area (Å²) in [5, 5.41) is 0. The lowest BCUT2D eigenvalue weighted by Gasteiger charge is -2.48. The molecule has 0 aromatic carbocycles. The van der Waals surface area contributed by atoms with Gasteiger partial charge in [-0.1, -0.05) is 25.7 Å². The lowest BCUT2D eigenvalue weighted by molar-refractivity contribution is 0.00547. The van der Waals surface area contributed by atoms with Gasteiger partial charge in [-0.05, 0) is 67.6 Å². The fourth-order valence-corrected chi connectivity index (χ4v) is 5.94. The molecule has 84 valence electrons. The zero-order chi connectivity index (χ0) is 9.93. The van der Waals surface area contributed by atoms with Gasteiger partial charge < -0.3 is 0 Å². The fraction of sp³-hybridized carbons (Fsp3) is 1.00. The molecule has 2 atom stereocenters. The van der Waals surface area contributed by atoms with Crippen LogP contribution in [0.2, 0.25) is 0 Å². The van der Waals surface area contributed by atoms with Gasteiger partial charge >= 0.3 is 0 Å². The van der Waals surface area contributed by atoms with E-state index in [1.54, 1.807) is 70.6 Å². The average Bonchev–Trinajstić information content (AvgIpc) is 2.79. The summed E-state index contributed by atoms with van der Waals surface area (Å²) in [7, 11) is 0. The van der Waals surface area contributed by atoms with Crippen LogP contribution in [-0.4, -0.2) is 0 Å². The van der Waals surface area contributed by atoms with Gasteiger partial charge in [-0.25, -0.2) is 0 Å². The Labute approximate surface area is 93.8 Å². The minimum Gasteiger partial charge on any atom is -0.0530 e. The molecule has 4 aliphatic carbocycles. The lowest BCUT2D eigenvalue weighted by atomic mass is 9.56. The number of hydrogen-bond acceptors (Lipinski definition) is 0. The molecule has 4 rings (SSSR count). The van der Waals surface area contributed by atoms with Crippen LogP contribution in [-0.2, 0) is 0 Å². The second-order valence-corrected chi connectivity index (χ2v) is 6.94. The van der Waals surface area contributed by atoms with E-state index < -0.39 is 0 Å². The zero-order valence-corrected chi connectivity index (χ0v) is 9.93. The Balaban J connectivity index is 1.67. The van der Waals surface area contributed by atoms with E-state index in [2.05, 4.69) is 0 Å². The molecule has 0 amide bonds. The van der Waals surface area contributed by atoms with Gasteiger partial charge in [-0.15, -0.1) is 0 Å². The van der Waals surface area contributed by atoms with Gasteiger partial charge in [0.25, 0.3) is 0 Å². The standard InChI is InChI=1S/C15H24/c1-2-6-12(5-1)14(8-3-4-9-14)15-10-7-13(15)11-15/h12-13H,1-11H2. The largest absolute Gasteiger partial charge is 0.0530 e. The maximum Gasteiger partial charge on any atom is -0.0207 e. The maximum atomic E-state index is 1.64. The van der Waals surface area contributed by atoms with Gasteiger partial charge in [0.05, 0.1) is 0 Å². The Kier molecular flexibility index (Phi) is 1.70. The number of fused-ring (bicyclic) bond motifs is 1. The molecule has 0 saturated heterocycles. The summed E-state index contributed by atoms with van der Waals surface area (Å²) in [6.07, 6.45) is 17.5. The lowest BCUT2D eigenvalue weighted by Crippen LogP contribution is -2.41. The van der Waals surface area contributed by atoms with Crippen molar-refractivity contribution in [3.63, 3.8) is 0 Å². The molecule has 0 spiro atoms. The third-order valence-corrected chi connectivity index (χ3v) is 6.79. The molecule has 0 bridgehead atoms. The average molecular weight is 204 g/mol. The molecule has 0 aromatic rings. The molecule has 4 fully saturated rings. The third-order valence-electron chi connectivity index (χ3n) is 6.79. The molecule has 0 heteroatoms. The summed E-state index contributed by atoms with van der Waals surface area (Å²) in [6.45, 7) is 0. The van der Waals surface area contributed by atoms with Crippen LogP contribution in [0.3, 0.4) is 0 Å². The second kappa shape index (κ2) is 2.81. The van der Waals surface area contributed by atoms with E-state index in [-0.39, 0.29) is 0 Å². The van der Waals surface area contributed by atoms with Crippen molar-refractivity contribution in [2.75, 3.05) is 0 Å². The minimum atomic E-state index is 0.881. The van der Waals surface area contributed by atoms with Gasteiger partial charge in [0.2, 0.25) is 0 Å². The van der Waals surface area contributed by atoms with Crippen LogP contribution >= 0.6 is 0 Å². The van der Waals surface area contributed by atoms with Crippen LogP contribution in [0.15, 0.2) is 0 Å². The van der Waals surface area contributed by atoms with Crippen LogP contribution in [0.5, 0.6) is 0 Å². The van der Waals surface area contributed by atoms with Gasteiger partial charge in [0.15, 0.2) is 0 Å². The highest BCUT2D eigenvalue weighted by atomic mass is 14.8. The van der Waals surface area contributed by atoms with E-state index >= 15 is 0 Å². The molecule has 0 aliphatic heterocycles. The molecule has 0 radical (unpaired) electrons. The SMILES string of the molecule is C1CCC(C2(C34CCC3C4)CCCC2)C1. The molecule has 4 saturated carbocycles. The molecular formula is C15H24. The van der Waals surface area contributed by atoms with Gasteiger partial charge in [0.1, 0.15) is 0 Å². The van der Waals surface area contributed by atoms with Gasteiger partial charge in [-0.2, -0.15) is 0 Å². The topological polar surface area (TPSA) is 0 Å². The van der Waals surface area contributed by atoms with Crippen LogP contribution < -0.4 is 0 Å². The monoisotopic (exact) mass is 204 g/mol. The van der Waals surface area contributed by atoms with Crippen molar-refractivity contribution in [2.24, 2.45) is 22.7 Å². The normalized spacial score (nSPS) is 47.6. The Morgan fingerprint density at radius 1 is 0.600 bits per heavy atom. The second-order valence-electron chi connectivity index (χ2n) is 6.94. The summed E-state index contributed by atoms with van der Waals surface area (Å²) in [5.74, 6) is 2.36. The van der Waals surface area contributed by atoms with E-state index in [0.29, 0.717) is 0 Å². The Morgan fingerprint density at radius 2 is 1.33 bits per heavy atom. The molecule has 2 unspecified atom stereocenters. The van der Waals surface area contributed by atoms with E-state index in [1.807, 2.05) is 0 Å². The van der Waals surface area contributed by atoms with Crippen molar-refractivity contribution in [2.45, 2.75) is 70.6 Å². The first-order valence-electron chi connectivity index (χ1n) is 7.37. The first-order valence-corrected chi connectivity index (χ1v) is 7.37. The molecule has 0 N–H and O–H groups in total. The summed E-state index contributed by atoms with van der Waals surface area (Å²) >= 11 is 0. The Hall–Kier alpha value is 0. The fourth-order valence-electron chi connectivity index (χ4n) is 5.94. The van der Waals surface area contributed by atoms with Gasteiger partial charge in [0, 0.05) is 0 Å². The van der Waals surface area contributed by atoms with Gasteiger partial charge in [-0.3, -0.25) is 0 Å². The van der Waals surface area contributed by atoms with Crippen molar-refractivity contribution in [1.82, 2.24) is 0 Å². The number of hydrogen-bond donors (Lipinski definition) is 0. The van der Waals surface area contributed by atoms with E-state index in [0.717, 1.165) is 16.7 Å².